The number of nitrogens with zero attached hydrogens (tertiary/aromatic N) is 1. The fourth-order valence-electron chi connectivity index (χ4n) is 3.48. The number of rotatable bonds is 4. The lowest BCUT2D eigenvalue weighted by atomic mass is 9.85. The lowest BCUT2D eigenvalue weighted by molar-refractivity contribution is -0.141. The number of carbonyl (C=O) groups is 3. The highest BCUT2D eigenvalue weighted by Crippen LogP contribution is 2.39. The smallest absolute Gasteiger partial charge is 0.326 e. The van der Waals surface area contributed by atoms with E-state index in [1.807, 2.05) is 0 Å². The average molecular weight is 297 g/mol. The SMILES string of the molecule is CCNC(=O)CNC(=O)N1C(C(=O)O)CC2CCCCC21. The van der Waals surface area contributed by atoms with Crippen LogP contribution in [-0.4, -0.2) is 53.1 Å². The van der Waals surface area contributed by atoms with Crippen LogP contribution in [-0.2, 0) is 9.59 Å². The van der Waals surface area contributed by atoms with E-state index in [0.717, 1.165) is 25.7 Å². The largest absolute Gasteiger partial charge is 0.480 e. The summed E-state index contributed by atoms with van der Waals surface area (Å²) in [5, 5.41) is 14.5. The fraction of sp³-hybridized carbons (Fsp3) is 0.786. The number of carboxylic acids is 1. The van der Waals surface area contributed by atoms with Crippen LogP contribution in [0.1, 0.15) is 39.0 Å². The highest BCUT2D eigenvalue weighted by molar-refractivity contribution is 5.87. The second-order valence-electron chi connectivity index (χ2n) is 5.72. The third-order valence-corrected chi connectivity index (χ3v) is 4.38. The molecule has 3 unspecified atom stereocenters. The Labute approximate surface area is 124 Å². The van der Waals surface area contributed by atoms with E-state index < -0.39 is 18.0 Å². The van der Waals surface area contributed by atoms with Gasteiger partial charge in [-0.3, -0.25) is 4.79 Å². The second-order valence-corrected chi connectivity index (χ2v) is 5.72. The molecule has 3 atom stereocenters. The molecule has 21 heavy (non-hydrogen) atoms. The first kappa shape index (κ1) is 15.6. The Morgan fingerprint density at radius 3 is 2.57 bits per heavy atom. The van der Waals surface area contributed by atoms with Gasteiger partial charge in [0.15, 0.2) is 0 Å². The Kier molecular flexibility index (Phi) is 5.03. The number of carbonyl (C=O) groups excluding carboxylic acids is 2. The van der Waals surface area contributed by atoms with Crippen LogP contribution < -0.4 is 10.6 Å². The van der Waals surface area contributed by atoms with Crippen LogP contribution in [0.15, 0.2) is 0 Å². The van der Waals surface area contributed by atoms with Gasteiger partial charge >= 0.3 is 12.0 Å². The molecule has 0 spiro atoms. The molecule has 118 valence electrons. The van der Waals surface area contributed by atoms with Crippen molar-refractivity contribution in [3.63, 3.8) is 0 Å². The van der Waals surface area contributed by atoms with Crippen molar-refractivity contribution >= 4 is 17.9 Å². The third kappa shape index (κ3) is 3.46. The summed E-state index contributed by atoms with van der Waals surface area (Å²) < 4.78 is 0. The summed E-state index contributed by atoms with van der Waals surface area (Å²) in [6.45, 7) is 2.18. The van der Waals surface area contributed by atoms with E-state index in [1.54, 1.807) is 6.92 Å². The number of hydrogen-bond acceptors (Lipinski definition) is 3. The Morgan fingerprint density at radius 2 is 1.90 bits per heavy atom. The number of amides is 3. The van der Waals surface area contributed by atoms with Gasteiger partial charge in [0.1, 0.15) is 6.04 Å². The van der Waals surface area contributed by atoms with Gasteiger partial charge < -0.3 is 20.6 Å². The van der Waals surface area contributed by atoms with Crippen molar-refractivity contribution in [2.24, 2.45) is 5.92 Å². The molecule has 2 fully saturated rings. The molecule has 3 N–H and O–H groups in total. The minimum Gasteiger partial charge on any atom is -0.480 e. The van der Waals surface area contributed by atoms with Crippen molar-refractivity contribution in [2.75, 3.05) is 13.1 Å². The molecule has 0 aromatic heterocycles. The van der Waals surface area contributed by atoms with Crippen molar-refractivity contribution in [3.8, 4) is 0 Å². The number of likely N-dealkylation sites (N-methyl/N-ethyl adjacent to an activating group) is 1. The van der Waals surface area contributed by atoms with Gasteiger partial charge in [0.2, 0.25) is 5.91 Å². The van der Waals surface area contributed by atoms with Gasteiger partial charge in [-0.1, -0.05) is 12.8 Å². The number of carboxylic acid groups (broad SMARTS) is 1. The van der Waals surface area contributed by atoms with Crippen molar-refractivity contribution in [3.05, 3.63) is 0 Å². The van der Waals surface area contributed by atoms with Gasteiger partial charge in [-0.2, -0.15) is 0 Å². The second kappa shape index (κ2) is 6.78. The van der Waals surface area contributed by atoms with Crippen LogP contribution in [0.4, 0.5) is 4.79 Å². The molecule has 1 heterocycles. The number of aliphatic carboxylic acids is 1. The normalized spacial score (nSPS) is 27.9. The fourth-order valence-corrected chi connectivity index (χ4v) is 3.48. The maximum absolute atomic E-state index is 12.3. The maximum Gasteiger partial charge on any atom is 0.326 e. The zero-order chi connectivity index (χ0) is 15.4. The van der Waals surface area contributed by atoms with Gasteiger partial charge in [-0.25, -0.2) is 9.59 Å². The van der Waals surface area contributed by atoms with E-state index in [2.05, 4.69) is 10.6 Å². The first-order chi connectivity index (χ1) is 10.0. The Morgan fingerprint density at radius 1 is 1.19 bits per heavy atom. The standard InChI is InChI=1S/C14H23N3O4/c1-2-15-12(18)8-16-14(21)17-10-6-4-3-5-9(10)7-11(17)13(19)20/h9-11H,2-8H2,1H3,(H,15,18)(H,16,21)(H,19,20). The topological polar surface area (TPSA) is 98.7 Å². The van der Waals surface area contributed by atoms with Crippen molar-refractivity contribution in [1.82, 2.24) is 15.5 Å². The highest BCUT2D eigenvalue weighted by Gasteiger charge is 2.47. The molecule has 2 aliphatic rings. The van der Waals surface area contributed by atoms with E-state index >= 15 is 0 Å². The lowest BCUT2D eigenvalue weighted by Gasteiger charge is -2.32. The van der Waals surface area contributed by atoms with Gasteiger partial charge in [-0.15, -0.1) is 0 Å². The molecule has 3 amide bonds. The summed E-state index contributed by atoms with van der Waals surface area (Å²) in [7, 11) is 0. The molecule has 0 bridgehead atoms. The van der Waals surface area contributed by atoms with E-state index in [4.69, 9.17) is 0 Å². The Hall–Kier alpha value is -1.79. The molecule has 2 rings (SSSR count). The molecule has 0 radical (unpaired) electrons. The molecule has 1 saturated heterocycles. The summed E-state index contributed by atoms with van der Waals surface area (Å²) >= 11 is 0. The number of hydrogen-bond donors (Lipinski definition) is 3. The molecule has 1 aliphatic carbocycles. The van der Waals surface area contributed by atoms with E-state index in [-0.39, 0.29) is 24.4 Å². The van der Waals surface area contributed by atoms with Gasteiger partial charge in [0.05, 0.1) is 6.54 Å². The molecule has 7 heteroatoms. The third-order valence-electron chi connectivity index (χ3n) is 4.38. The number of likely N-dealkylation sites (tertiary alicyclic amines) is 1. The van der Waals surface area contributed by atoms with Crippen LogP contribution in [0, 0.1) is 5.92 Å². The zero-order valence-corrected chi connectivity index (χ0v) is 12.3. The number of fused-ring (bicyclic) bond motifs is 1. The zero-order valence-electron chi connectivity index (χ0n) is 12.3. The molecule has 0 aromatic carbocycles. The Bertz CT molecular complexity index is 426. The van der Waals surface area contributed by atoms with Crippen LogP contribution in [0.25, 0.3) is 0 Å². The van der Waals surface area contributed by atoms with Crippen molar-refractivity contribution in [2.45, 2.75) is 51.1 Å². The monoisotopic (exact) mass is 297 g/mol. The van der Waals surface area contributed by atoms with Gasteiger partial charge in [-0.05, 0) is 32.1 Å². The van der Waals surface area contributed by atoms with Crippen LogP contribution >= 0.6 is 0 Å². The summed E-state index contributed by atoms with van der Waals surface area (Å²) in [6, 6.07) is -1.22. The molecule has 7 nitrogen and oxygen atoms in total. The predicted molar refractivity (Wildman–Crippen MR) is 75.7 cm³/mol. The Balaban J connectivity index is 2.01. The minimum atomic E-state index is -0.961. The first-order valence-corrected chi connectivity index (χ1v) is 7.60. The molecular weight excluding hydrogens is 274 g/mol. The highest BCUT2D eigenvalue weighted by atomic mass is 16.4. The van der Waals surface area contributed by atoms with Gasteiger partial charge in [0, 0.05) is 12.6 Å². The molecule has 1 saturated carbocycles. The first-order valence-electron chi connectivity index (χ1n) is 7.60. The predicted octanol–water partition coefficient (Wildman–Crippen LogP) is 0.550. The summed E-state index contributed by atoms with van der Waals surface area (Å²) in [5.74, 6) is -0.954. The van der Waals surface area contributed by atoms with E-state index in [1.165, 1.54) is 4.90 Å². The maximum atomic E-state index is 12.3. The van der Waals surface area contributed by atoms with Gasteiger partial charge in [0.25, 0.3) is 0 Å². The average Bonchev–Trinajstić information content (AvgIpc) is 2.85. The van der Waals surface area contributed by atoms with E-state index in [0.29, 0.717) is 13.0 Å². The van der Waals surface area contributed by atoms with Crippen molar-refractivity contribution in [1.29, 1.82) is 0 Å². The number of urea groups is 1. The quantitative estimate of drug-likeness (QED) is 0.705. The minimum absolute atomic E-state index is 0.00548. The molecular formula is C14H23N3O4. The summed E-state index contributed by atoms with van der Waals surface area (Å²) in [6.07, 6.45) is 4.47. The van der Waals surface area contributed by atoms with Crippen LogP contribution in [0.2, 0.25) is 0 Å². The lowest BCUT2D eigenvalue weighted by Crippen LogP contribution is -2.52. The summed E-state index contributed by atoms with van der Waals surface area (Å²) in [4.78, 5) is 36.5. The van der Waals surface area contributed by atoms with Crippen molar-refractivity contribution < 1.29 is 19.5 Å². The summed E-state index contributed by atoms with van der Waals surface area (Å²) in [5.41, 5.74) is 0. The van der Waals surface area contributed by atoms with Crippen LogP contribution in [0.3, 0.4) is 0 Å². The number of nitrogens with one attached hydrogen (secondary N) is 2. The van der Waals surface area contributed by atoms with E-state index in [9.17, 15) is 19.5 Å². The van der Waals surface area contributed by atoms with Crippen LogP contribution in [0.5, 0.6) is 0 Å². The molecule has 1 aliphatic heterocycles. The molecule has 0 aromatic rings.